The maximum atomic E-state index is 11.9. The SMILES string of the molecule is CNS(=O)(=O)Cc1ccc(CNC(=O)NCCCN(C)c2ccccc2)cc1. The zero-order valence-electron chi connectivity index (χ0n) is 16.3. The number of urea groups is 1. The number of nitrogens with one attached hydrogen (secondary N) is 3. The summed E-state index contributed by atoms with van der Waals surface area (Å²) < 4.78 is 25.4. The minimum Gasteiger partial charge on any atom is -0.375 e. The monoisotopic (exact) mass is 404 g/mol. The number of para-hydroxylation sites is 1. The molecule has 0 aromatic heterocycles. The van der Waals surface area contributed by atoms with Gasteiger partial charge in [-0.25, -0.2) is 17.9 Å². The number of rotatable bonds is 10. The molecule has 2 aromatic carbocycles. The Morgan fingerprint density at radius 3 is 2.25 bits per heavy atom. The van der Waals surface area contributed by atoms with E-state index in [0.29, 0.717) is 18.7 Å². The highest BCUT2D eigenvalue weighted by Gasteiger charge is 2.08. The Labute approximate surface area is 167 Å². The minimum absolute atomic E-state index is 0.0604. The van der Waals surface area contributed by atoms with Crippen molar-refractivity contribution in [1.29, 1.82) is 0 Å². The summed E-state index contributed by atoms with van der Waals surface area (Å²) in [5, 5.41) is 5.65. The lowest BCUT2D eigenvalue weighted by Gasteiger charge is -2.19. The predicted molar refractivity (Wildman–Crippen MR) is 113 cm³/mol. The van der Waals surface area contributed by atoms with Gasteiger partial charge in [0, 0.05) is 32.4 Å². The van der Waals surface area contributed by atoms with Crippen LogP contribution in [0, 0.1) is 0 Å². The zero-order valence-corrected chi connectivity index (χ0v) is 17.1. The van der Waals surface area contributed by atoms with E-state index in [9.17, 15) is 13.2 Å². The van der Waals surface area contributed by atoms with Crippen LogP contribution >= 0.6 is 0 Å². The highest BCUT2D eigenvalue weighted by atomic mass is 32.2. The van der Waals surface area contributed by atoms with Crippen molar-refractivity contribution in [3.8, 4) is 0 Å². The zero-order chi connectivity index (χ0) is 20.4. The third-order valence-electron chi connectivity index (χ3n) is 4.30. The maximum absolute atomic E-state index is 11.9. The molecule has 0 spiro atoms. The van der Waals surface area contributed by atoms with Crippen LogP contribution in [0.1, 0.15) is 17.5 Å². The lowest BCUT2D eigenvalue weighted by Crippen LogP contribution is -2.36. The number of benzene rings is 2. The lowest BCUT2D eigenvalue weighted by molar-refractivity contribution is 0.240. The van der Waals surface area contributed by atoms with Gasteiger partial charge < -0.3 is 15.5 Å². The van der Waals surface area contributed by atoms with Crippen molar-refractivity contribution in [3.63, 3.8) is 0 Å². The molecule has 0 saturated carbocycles. The topological polar surface area (TPSA) is 90.5 Å². The summed E-state index contributed by atoms with van der Waals surface area (Å²) in [5.74, 6) is -0.0604. The smallest absolute Gasteiger partial charge is 0.315 e. The van der Waals surface area contributed by atoms with E-state index in [2.05, 4.69) is 32.4 Å². The molecule has 0 aliphatic carbocycles. The number of carbonyl (C=O) groups is 1. The van der Waals surface area contributed by atoms with Gasteiger partial charge in [-0.1, -0.05) is 42.5 Å². The largest absolute Gasteiger partial charge is 0.375 e. The molecule has 0 saturated heterocycles. The Morgan fingerprint density at radius 1 is 0.964 bits per heavy atom. The van der Waals surface area contributed by atoms with E-state index in [1.165, 1.54) is 7.05 Å². The first-order valence-electron chi connectivity index (χ1n) is 9.16. The summed E-state index contributed by atoms with van der Waals surface area (Å²) in [4.78, 5) is 14.0. The van der Waals surface area contributed by atoms with Gasteiger partial charge in [0.15, 0.2) is 0 Å². The summed E-state index contributed by atoms with van der Waals surface area (Å²) in [5.41, 5.74) is 2.76. The van der Waals surface area contributed by atoms with Crippen molar-refractivity contribution in [2.24, 2.45) is 0 Å². The lowest BCUT2D eigenvalue weighted by atomic mass is 10.1. The summed E-state index contributed by atoms with van der Waals surface area (Å²) in [6.07, 6.45) is 0.841. The molecule has 2 rings (SSSR count). The van der Waals surface area contributed by atoms with Crippen LogP contribution in [-0.2, 0) is 22.3 Å². The number of sulfonamides is 1. The number of amides is 2. The van der Waals surface area contributed by atoms with Gasteiger partial charge in [-0.2, -0.15) is 0 Å². The van der Waals surface area contributed by atoms with Crippen molar-refractivity contribution >= 4 is 21.7 Å². The van der Waals surface area contributed by atoms with Gasteiger partial charge in [0.05, 0.1) is 5.75 Å². The average Bonchev–Trinajstić information content (AvgIpc) is 2.71. The van der Waals surface area contributed by atoms with Crippen molar-refractivity contribution in [2.45, 2.75) is 18.7 Å². The molecule has 2 amide bonds. The van der Waals surface area contributed by atoms with Crippen molar-refractivity contribution in [3.05, 3.63) is 65.7 Å². The molecular formula is C20H28N4O3S. The predicted octanol–water partition coefficient (Wildman–Crippen LogP) is 2.06. The molecule has 0 bridgehead atoms. The van der Waals surface area contributed by atoms with Crippen molar-refractivity contribution in [2.75, 3.05) is 32.1 Å². The first-order chi connectivity index (χ1) is 13.4. The molecule has 0 heterocycles. The average molecular weight is 405 g/mol. The molecule has 2 aromatic rings. The molecule has 0 aliphatic heterocycles. The van der Waals surface area contributed by atoms with Crippen molar-refractivity contribution in [1.82, 2.24) is 15.4 Å². The number of anilines is 1. The molecule has 7 nitrogen and oxygen atoms in total. The Balaban J connectivity index is 1.65. The van der Waals surface area contributed by atoms with Gasteiger partial charge in [0.25, 0.3) is 0 Å². The quantitative estimate of drug-likeness (QED) is 0.529. The van der Waals surface area contributed by atoms with Crippen LogP contribution in [0.15, 0.2) is 54.6 Å². The summed E-state index contributed by atoms with van der Waals surface area (Å²) in [6.45, 7) is 1.82. The molecule has 0 fully saturated rings. The van der Waals surface area contributed by atoms with Gasteiger partial charge in [-0.3, -0.25) is 0 Å². The van der Waals surface area contributed by atoms with E-state index in [4.69, 9.17) is 0 Å². The number of nitrogens with zero attached hydrogens (tertiary/aromatic N) is 1. The number of carbonyl (C=O) groups excluding carboxylic acids is 1. The van der Waals surface area contributed by atoms with Gasteiger partial charge in [0.1, 0.15) is 0 Å². The fourth-order valence-electron chi connectivity index (χ4n) is 2.62. The molecule has 0 aliphatic rings. The van der Waals surface area contributed by atoms with Crippen LogP contribution in [-0.4, -0.2) is 41.6 Å². The van der Waals surface area contributed by atoms with Gasteiger partial charge in [0.2, 0.25) is 10.0 Å². The summed E-state index contributed by atoms with van der Waals surface area (Å²) >= 11 is 0. The fourth-order valence-corrected chi connectivity index (χ4v) is 3.40. The summed E-state index contributed by atoms with van der Waals surface area (Å²) in [6, 6.07) is 17.0. The van der Waals surface area contributed by atoms with E-state index < -0.39 is 10.0 Å². The van der Waals surface area contributed by atoms with Crippen LogP contribution in [0.3, 0.4) is 0 Å². The van der Waals surface area contributed by atoms with Crippen LogP contribution in [0.5, 0.6) is 0 Å². The molecule has 152 valence electrons. The fraction of sp³-hybridized carbons (Fsp3) is 0.350. The molecular weight excluding hydrogens is 376 g/mol. The number of hydrogen-bond donors (Lipinski definition) is 3. The Morgan fingerprint density at radius 2 is 1.61 bits per heavy atom. The van der Waals surface area contributed by atoms with Crippen molar-refractivity contribution < 1.29 is 13.2 Å². The third kappa shape index (κ3) is 7.58. The number of hydrogen-bond acceptors (Lipinski definition) is 4. The Kier molecular flexibility index (Phi) is 8.28. The minimum atomic E-state index is -3.28. The van der Waals surface area contributed by atoms with Gasteiger partial charge in [-0.15, -0.1) is 0 Å². The molecule has 0 unspecified atom stereocenters. The Bertz CT molecular complexity index is 840. The van der Waals surface area contributed by atoms with Crippen LogP contribution in [0.25, 0.3) is 0 Å². The Hall–Kier alpha value is -2.58. The van der Waals surface area contributed by atoms with Gasteiger partial charge in [-0.05, 0) is 36.7 Å². The third-order valence-corrected chi connectivity index (χ3v) is 5.63. The first kappa shape index (κ1) is 21.7. The van der Waals surface area contributed by atoms with E-state index >= 15 is 0 Å². The normalized spacial score (nSPS) is 11.1. The van der Waals surface area contributed by atoms with Gasteiger partial charge >= 0.3 is 6.03 Å². The van der Waals surface area contributed by atoms with E-state index in [1.807, 2.05) is 37.4 Å². The molecule has 28 heavy (non-hydrogen) atoms. The van der Waals surface area contributed by atoms with Crippen LogP contribution in [0.4, 0.5) is 10.5 Å². The van der Waals surface area contributed by atoms with E-state index in [0.717, 1.165) is 24.2 Å². The van der Waals surface area contributed by atoms with E-state index in [1.54, 1.807) is 12.1 Å². The standard InChI is InChI=1S/C20H28N4O3S/c1-21-28(26,27)16-18-11-9-17(10-12-18)15-23-20(25)22-13-6-14-24(2)19-7-4-3-5-8-19/h3-5,7-12,21H,6,13-16H2,1-2H3,(H2,22,23,25). The molecule has 0 atom stereocenters. The molecule has 8 heteroatoms. The summed E-state index contributed by atoms with van der Waals surface area (Å²) in [7, 11) is 0.142. The van der Waals surface area contributed by atoms with E-state index in [-0.39, 0.29) is 11.8 Å². The second kappa shape index (κ2) is 10.7. The maximum Gasteiger partial charge on any atom is 0.315 e. The van der Waals surface area contributed by atoms with Crippen LogP contribution < -0.4 is 20.3 Å². The van der Waals surface area contributed by atoms with Crippen LogP contribution in [0.2, 0.25) is 0 Å². The highest BCUT2D eigenvalue weighted by Crippen LogP contribution is 2.10. The molecule has 0 radical (unpaired) electrons. The molecule has 3 N–H and O–H groups in total. The first-order valence-corrected chi connectivity index (χ1v) is 10.8. The second-order valence-electron chi connectivity index (χ2n) is 6.50. The highest BCUT2D eigenvalue weighted by molar-refractivity contribution is 7.88. The second-order valence-corrected chi connectivity index (χ2v) is 8.43.